The number of likely N-dealkylation sites (N-methyl/N-ethyl adjacent to an activating group) is 1. The molecule has 1 aromatic heterocycles. The first-order valence-corrected chi connectivity index (χ1v) is 6.31. The van der Waals surface area contributed by atoms with Crippen molar-refractivity contribution < 1.29 is 0 Å². The van der Waals surface area contributed by atoms with Crippen molar-refractivity contribution in [3.05, 3.63) is 34.2 Å². The van der Waals surface area contributed by atoms with E-state index >= 15 is 0 Å². The monoisotopic (exact) mass is 268 g/mol. The third kappa shape index (κ3) is 2.73. The first-order chi connectivity index (χ1) is 8.61. The van der Waals surface area contributed by atoms with Crippen LogP contribution in [-0.4, -0.2) is 40.9 Å². The highest BCUT2D eigenvalue weighted by Gasteiger charge is 2.20. The summed E-state index contributed by atoms with van der Waals surface area (Å²) in [4.78, 5) is 14.1. The Hall–Kier alpha value is -1.33. The summed E-state index contributed by atoms with van der Waals surface area (Å²) in [6.45, 7) is 5.95. The summed E-state index contributed by atoms with van der Waals surface area (Å²) in [6.07, 6.45) is 4.26. The van der Waals surface area contributed by atoms with Crippen molar-refractivity contribution >= 4 is 17.3 Å². The van der Waals surface area contributed by atoms with Crippen LogP contribution in [0.25, 0.3) is 0 Å². The zero-order valence-electron chi connectivity index (χ0n) is 10.4. The van der Waals surface area contributed by atoms with E-state index in [-0.39, 0.29) is 10.6 Å². The molecule has 0 spiro atoms. The molecule has 1 unspecified atom stereocenters. The van der Waals surface area contributed by atoms with E-state index < -0.39 is 0 Å². The summed E-state index contributed by atoms with van der Waals surface area (Å²) in [5, 5.41) is 7.53. The van der Waals surface area contributed by atoms with Crippen molar-refractivity contribution in [2.45, 2.75) is 19.0 Å². The number of anilines is 1. The first-order valence-electron chi connectivity index (χ1n) is 5.93. The van der Waals surface area contributed by atoms with E-state index in [0.29, 0.717) is 18.3 Å². The molecule has 0 aromatic carbocycles. The van der Waals surface area contributed by atoms with E-state index in [1.54, 1.807) is 12.3 Å². The Balaban J connectivity index is 2.17. The molecule has 98 valence electrons. The Labute approximate surface area is 111 Å². The van der Waals surface area contributed by atoms with Gasteiger partial charge in [0.2, 0.25) is 0 Å². The van der Waals surface area contributed by atoms with E-state index in [1.165, 1.54) is 4.68 Å². The molecule has 2 rings (SSSR count). The minimum absolute atomic E-state index is 0.196. The highest BCUT2D eigenvalue weighted by molar-refractivity contribution is 6.32. The Kier molecular flexibility index (Phi) is 4.04. The molecule has 5 nitrogen and oxygen atoms in total. The lowest BCUT2D eigenvalue weighted by Gasteiger charge is -2.15. The molecule has 1 fully saturated rings. The maximum Gasteiger partial charge on any atom is 0.287 e. The smallest absolute Gasteiger partial charge is 0.287 e. The van der Waals surface area contributed by atoms with Crippen molar-refractivity contribution in [3.8, 4) is 0 Å². The Morgan fingerprint density at radius 2 is 2.50 bits per heavy atom. The molecule has 2 heterocycles. The molecule has 1 aliphatic heterocycles. The van der Waals surface area contributed by atoms with Crippen LogP contribution in [-0.2, 0) is 6.54 Å². The Bertz CT molecular complexity index is 499. The van der Waals surface area contributed by atoms with Gasteiger partial charge in [0, 0.05) is 12.6 Å². The molecule has 1 aromatic rings. The van der Waals surface area contributed by atoms with E-state index in [0.717, 1.165) is 19.5 Å². The molecule has 1 atom stereocenters. The maximum absolute atomic E-state index is 11.9. The second kappa shape index (κ2) is 5.54. The second-order valence-corrected chi connectivity index (χ2v) is 4.92. The average Bonchev–Trinajstić information content (AvgIpc) is 2.75. The first kappa shape index (κ1) is 13.1. The zero-order chi connectivity index (χ0) is 13.1. The van der Waals surface area contributed by atoms with Gasteiger partial charge in [0.15, 0.2) is 0 Å². The van der Waals surface area contributed by atoms with Gasteiger partial charge in [0.1, 0.15) is 5.02 Å². The van der Waals surface area contributed by atoms with Crippen molar-refractivity contribution in [1.29, 1.82) is 0 Å². The molecule has 1 N–H and O–H groups in total. The summed E-state index contributed by atoms with van der Waals surface area (Å²) in [7, 11) is 2.07. The summed E-state index contributed by atoms with van der Waals surface area (Å²) in [5.41, 5.74) is 0.329. The van der Waals surface area contributed by atoms with Gasteiger partial charge in [-0.3, -0.25) is 4.79 Å². The van der Waals surface area contributed by atoms with Crippen LogP contribution in [0.3, 0.4) is 0 Å². The summed E-state index contributed by atoms with van der Waals surface area (Å²) in [5.74, 6) is 0. The molecule has 0 saturated carbocycles. The number of allylic oxidation sites excluding steroid dienone is 1. The highest BCUT2D eigenvalue weighted by Crippen LogP contribution is 2.19. The zero-order valence-corrected chi connectivity index (χ0v) is 11.2. The van der Waals surface area contributed by atoms with Crippen LogP contribution in [0.1, 0.15) is 6.42 Å². The van der Waals surface area contributed by atoms with Gasteiger partial charge in [-0.15, -0.1) is 6.58 Å². The predicted molar refractivity (Wildman–Crippen MR) is 73.2 cm³/mol. The van der Waals surface area contributed by atoms with Crippen molar-refractivity contribution in [2.75, 3.05) is 25.5 Å². The lowest BCUT2D eigenvalue weighted by atomic mass is 10.2. The minimum atomic E-state index is -0.284. The third-order valence-electron chi connectivity index (χ3n) is 3.04. The van der Waals surface area contributed by atoms with Gasteiger partial charge in [0.25, 0.3) is 5.56 Å². The lowest BCUT2D eigenvalue weighted by Crippen LogP contribution is -2.27. The molecule has 6 heteroatoms. The number of nitrogens with one attached hydrogen (secondary N) is 1. The Morgan fingerprint density at radius 1 is 1.72 bits per heavy atom. The van der Waals surface area contributed by atoms with Crippen molar-refractivity contribution in [1.82, 2.24) is 14.7 Å². The number of nitrogens with zero attached hydrogens (tertiary/aromatic N) is 3. The number of rotatable bonds is 4. The third-order valence-corrected chi connectivity index (χ3v) is 3.40. The van der Waals surface area contributed by atoms with Gasteiger partial charge < -0.3 is 10.2 Å². The average molecular weight is 269 g/mol. The van der Waals surface area contributed by atoms with Crippen LogP contribution >= 0.6 is 11.6 Å². The number of aromatic nitrogens is 2. The molecule has 0 aliphatic carbocycles. The molecule has 0 bridgehead atoms. The van der Waals surface area contributed by atoms with Gasteiger partial charge in [0.05, 0.1) is 18.4 Å². The summed E-state index contributed by atoms with van der Waals surface area (Å²) >= 11 is 6.07. The highest BCUT2D eigenvalue weighted by atomic mass is 35.5. The van der Waals surface area contributed by atoms with E-state index in [9.17, 15) is 4.79 Å². The molecule has 18 heavy (non-hydrogen) atoms. The molecular weight excluding hydrogens is 252 g/mol. The number of hydrogen-bond acceptors (Lipinski definition) is 4. The van der Waals surface area contributed by atoms with Gasteiger partial charge in [-0.25, -0.2) is 4.68 Å². The molecule has 0 radical (unpaired) electrons. The summed E-state index contributed by atoms with van der Waals surface area (Å²) < 4.78 is 1.29. The van der Waals surface area contributed by atoms with E-state index in [1.807, 2.05) is 0 Å². The van der Waals surface area contributed by atoms with Crippen LogP contribution in [0.4, 0.5) is 5.69 Å². The normalized spacial score (nSPS) is 20.0. The Morgan fingerprint density at radius 3 is 3.11 bits per heavy atom. The molecular formula is C12H17ClN4O. The fourth-order valence-corrected chi connectivity index (χ4v) is 2.29. The number of halogens is 1. The fraction of sp³-hybridized carbons (Fsp3) is 0.500. The van der Waals surface area contributed by atoms with Gasteiger partial charge in [-0.2, -0.15) is 5.10 Å². The predicted octanol–water partition coefficient (Wildman–Crippen LogP) is 1.20. The number of likely N-dealkylation sites (tertiary alicyclic amines) is 1. The van der Waals surface area contributed by atoms with Crippen molar-refractivity contribution in [2.24, 2.45) is 0 Å². The minimum Gasteiger partial charge on any atom is -0.378 e. The topological polar surface area (TPSA) is 50.2 Å². The largest absolute Gasteiger partial charge is 0.378 e. The molecule has 1 saturated heterocycles. The second-order valence-electron chi connectivity index (χ2n) is 4.54. The van der Waals surface area contributed by atoms with Crippen LogP contribution in [0, 0.1) is 0 Å². The SMILES string of the molecule is C=CCn1ncc(NC2CCN(C)C2)c(Cl)c1=O. The van der Waals surface area contributed by atoms with Crippen molar-refractivity contribution in [3.63, 3.8) is 0 Å². The quantitative estimate of drug-likeness (QED) is 0.834. The van der Waals surface area contributed by atoms with Crippen LogP contribution in [0.5, 0.6) is 0 Å². The molecule has 0 amide bonds. The molecule has 1 aliphatic rings. The number of hydrogen-bond donors (Lipinski definition) is 1. The van der Waals surface area contributed by atoms with E-state index in [2.05, 4.69) is 28.9 Å². The standard InChI is InChI=1S/C12H17ClN4O/c1-3-5-17-12(18)11(13)10(7-14-17)15-9-4-6-16(2)8-9/h3,7,9,15H,1,4-6,8H2,2H3. The van der Waals surface area contributed by atoms with Crippen LogP contribution in [0.2, 0.25) is 5.02 Å². The van der Waals surface area contributed by atoms with Gasteiger partial charge >= 0.3 is 0 Å². The van der Waals surface area contributed by atoms with Crippen LogP contribution in [0.15, 0.2) is 23.6 Å². The maximum atomic E-state index is 11.9. The fourth-order valence-electron chi connectivity index (χ4n) is 2.09. The van der Waals surface area contributed by atoms with E-state index in [4.69, 9.17) is 11.6 Å². The van der Waals surface area contributed by atoms with Gasteiger partial charge in [-0.1, -0.05) is 17.7 Å². The van der Waals surface area contributed by atoms with Gasteiger partial charge in [-0.05, 0) is 20.0 Å². The lowest BCUT2D eigenvalue weighted by molar-refractivity contribution is 0.414. The van der Waals surface area contributed by atoms with Crippen LogP contribution < -0.4 is 10.9 Å². The summed E-state index contributed by atoms with van der Waals surface area (Å²) in [6, 6.07) is 0.323.